The molecular formula is C14H11N3O3S. The Morgan fingerprint density at radius 2 is 1.95 bits per heavy atom. The number of carbonyl (C=O) groups is 2. The molecule has 21 heavy (non-hydrogen) atoms. The Morgan fingerprint density at radius 1 is 1.19 bits per heavy atom. The molecule has 0 saturated heterocycles. The normalized spacial score (nSPS) is 9.48. The van der Waals surface area contributed by atoms with Crippen LogP contribution < -0.4 is 15.6 Å². The van der Waals surface area contributed by atoms with Crippen molar-refractivity contribution < 1.29 is 14.3 Å². The molecule has 2 aromatic rings. The molecule has 0 atom stereocenters. The number of nitriles is 1. The molecule has 1 aromatic heterocycles. The smallest absolute Gasteiger partial charge is 0.276 e. The largest absolute Gasteiger partial charge is 0.484 e. The number of hydrogen-bond acceptors (Lipinski definition) is 5. The van der Waals surface area contributed by atoms with Gasteiger partial charge in [0.05, 0.1) is 17.2 Å². The monoisotopic (exact) mass is 301 g/mol. The Labute approximate surface area is 124 Å². The number of ether oxygens (including phenoxy) is 1. The van der Waals surface area contributed by atoms with Gasteiger partial charge < -0.3 is 4.74 Å². The number of nitrogens with zero attached hydrogens (tertiary/aromatic N) is 1. The fraction of sp³-hybridized carbons (Fsp3) is 0.0714. The van der Waals surface area contributed by atoms with Crippen molar-refractivity contribution in [3.05, 3.63) is 52.2 Å². The van der Waals surface area contributed by atoms with Gasteiger partial charge in [0.25, 0.3) is 11.8 Å². The number of benzene rings is 1. The Morgan fingerprint density at radius 3 is 2.57 bits per heavy atom. The van der Waals surface area contributed by atoms with Crippen molar-refractivity contribution in [2.75, 3.05) is 6.61 Å². The average molecular weight is 301 g/mol. The standard InChI is InChI=1S/C14H11N3O3S/c15-7-10-1-3-12(4-2-10)20-8-13(18)16-17-14(19)11-5-6-21-9-11/h1-6,9H,8H2,(H,16,18)(H,17,19). The average Bonchev–Trinajstić information content (AvgIpc) is 3.05. The first-order chi connectivity index (χ1) is 10.2. The molecule has 0 saturated carbocycles. The second kappa shape index (κ2) is 7.07. The Balaban J connectivity index is 1.74. The lowest BCUT2D eigenvalue weighted by atomic mass is 10.2. The van der Waals surface area contributed by atoms with Crippen molar-refractivity contribution in [1.82, 2.24) is 10.9 Å². The zero-order chi connectivity index (χ0) is 15.1. The van der Waals surface area contributed by atoms with E-state index in [1.165, 1.54) is 11.3 Å². The fourth-order valence-corrected chi connectivity index (χ4v) is 2.04. The summed E-state index contributed by atoms with van der Waals surface area (Å²) in [5, 5.41) is 12.1. The molecule has 2 N–H and O–H groups in total. The molecule has 6 nitrogen and oxygen atoms in total. The van der Waals surface area contributed by atoms with Crippen LogP contribution in [0.5, 0.6) is 5.75 Å². The lowest BCUT2D eigenvalue weighted by Gasteiger charge is -2.08. The number of carbonyl (C=O) groups excluding carboxylic acids is 2. The van der Waals surface area contributed by atoms with E-state index in [0.717, 1.165) is 0 Å². The summed E-state index contributed by atoms with van der Waals surface area (Å²) in [6.07, 6.45) is 0. The number of rotatable bonds is 4. The van der Waals surface area contributed by atoms with Crippen LogP contribution in [0.3, 0.4) is 0 Å². The summed E-state index contributed by atoms with van der Waals surface area (Å²) in [7, 11) is 0. The molecule has 1 heterocycles. The first kappa shape index (κ1) is 14.6. The van der Waals surface area contributed by atoms with Crippen molar-refractivity contribution in [1.29, 1.82) is 5.26 Å². The minimum Gasteiger partial charge on any atom is -0.484 e. The highest BCUT2D eigenvalue weighted by Crippen LogP contribution is 2.11. The summed E-state index contributed by atoms with van der Waals surface area (Å²) in [4.78, 5) is 23.1. The second-order valence-corrected chi connectivity index (χ2v) is 4.72. The summed E-state index contributed by atoms with van der Waals surface area (Å²) in [5.74, 6) is -0.403. The molecular weight excluding hydrogens is 290 g/mol. The van der Waals surface area contributed by atoms with Crippen LogP contribution in [0.15, 0.2) is 41.1 Å². The number of hydrazine groups is 1. The zero-order valence-electron chi connectivity index (χ0n) is 10.8. The maximum atomic E-state index is 11.6. The van der Waals surface area contributed by atoms with Crippen LogP contribution in [-0.4, -0.2) is 18.4 Å². The maximum Gasteiger partial charge on any atom is 0.276 e. The predicted octanol–water partition coefficient (Wildman–Crippen LogP) is 1.46. The van der Waals surface area contributed by atoms with Gasteiger partial charge in [0.2, 0.25) is 0 Å². The van der Waals surface area contributed by atoms with Crippen LogP contribution in [0.25, 0.3) is 0 Å². The van der Waals surface area contributed by atoms with Crippen molar-refractivity contribution in [2.45, 2.75) is 0 Å². The van der Waals surface area contributed by atoms with Crippen LogP contribution in [0.2, 0.25) is 0 Å². The molecule has 2 amide bonds. The van der Waals surface area contributed by atoms with E-state index in [9.17, 15) is 9.59 Å². The topological polar surface area (TPSA) is 91.2 Å². The number of hydrogen-bond donors (Lipinski definition) is 2. The van der Waals surface area contributed by atoms with Crippen LogP contribution in [0.1, 0.15) is 15.9 Å². The van der Waals surface area contributed by atoms with E-state index in [1.54, 1.807) is 41.1 Å². The van der Waals surface area contributed by atoms with Crippen LogP contribution >= 0.6 is 11.3 Å². The lowest BCUT2D eigenvalue weighted by Crippen LogP contribution is -2.43. The predicted molar refractivity (Wildman–Crippen MR) is 76.6 cm³/mol. The van der Waals surface area contributed by atoms with Gasteiger partial charge in [0.15, 0.2) is 6.61 Å². The van der Waals surface area contributed by atoms with Crippen LogP contribution in [0.4, 0.5) is 0 Å². The highest BCUT2D eigenvalue weighted by molar-refractivity contribution is 7.08. The fourth-order valence-electron chi connectivity index (χ4n) is 1.40. The van der Waals surface area contributed by atoms with Gasteiger partial charge in [-0.2, -0.15) is 16.6 Å². The van der Waals surface area contributed by atoms with Gasteiger partial charge in [-0.15, -0.1) is 0 Å². The van der Waals surface area contributed by atoms with Gasteiger partial charge in [0.1, 0.15) is 5.75 Å². The quantitative estimate of drug-likeness (QED) is 0.836. The van der Waals surface area contributed by atoms with E-state index in [4.69, 9.17) is 10.00 Å². The minimum absolute atomic E-state index is 0.240. The summed E-state index contributed by atoms with van der Waals surface area (Å²) in [5.41, 5.74) is 5.53. The van der Waals surface area contributed by atoms with Gasteiger partial charge in [-0.05, 0) is 35.7 Å². The molecule has 2 rings (SSSR count). The molecule has 0 spiro atoms. The Bertz CT molecular complexity index is 660. The summed E-state index contributed by atoms with van der Waals surface area (Å²) in [6, 6.07) is 10.00. The highest BCUT2D eigenvalue weighted by atomic mass is 32.1. The van der Waals surface area contributed by atoms with Gasteiger partial charge in [-0.25, -0.2) is 0 Å². The molecule has 0 radical (unpaired) electrons. The van der Waals surface area contributed by atoms with E-state index >= 15 is 0 Å². The van der Waals surface area contributed by atoms with E-state index in [1.807, 2.05) is 6.07 Å². The van der Waals surface area contributed by atoms with Crippen LogP contribution in [-0.2, 0) is 4.79 Å². The Hall–Kier alpha value is -2.85. The SMILES string of the molecule is N#Cc1ccc(OCC(=O)NNC(=O)c2ccsc2)cc1. The summed E-state index contributed by atoms with van der Waals surface area (Å²) >= 11 is 1.39. The van der Waals surface area contributed by atoms with E-state index in [2.05, 4.69) is 10.9 Å². The third-order valence-corrected chi connectivity index (χ3v) is 3.14. The molecule has 0 aliphatic rings. The van der Waals surface area contributed by atoms with E-state index < -0.39 is 5.91 Å². The molecule has 0 unspecified atom stereocenters. The number of amides is 2. The minimum atomic E-state index is -0.483. The molecule has 1 aromatic carbocycles. The third kappa shape index (κ3) is 4.33. The summed E-state index contributed by atoms with van der Waals surface area (Å²) < 4.78 is 5.22. The van der Waals surface area contributed by atoms with Crippen molar-refractivity contribution in [3.8, 4) is 11.8 Å². The summed E-state index contributed by atoms with van der Waals surface area (Å²) in [6.45, 7) is -0.240. The van der Waals surface area contributed by atoms with Gasteiger partial charge in [-0.3, -0.25) is 20.4 Å². The van der Waals surface area contributed by atoms with E-state index in [-0.39, 0.29) is 12.5 Å². The molecule has 0 aliphatic heterocycles. The van der Waals surface area contributed by atoms with Crippen molar-refractivity contribution in [3.63, 3.8) is 0 Å². The maximum absolute atomic E-state index is 11.6. The molecule has 0 bridgehead atoms. The van der Waals surface area contributed by atoms with Gasteiger partial charge in [-0.1, -0.05) is 0 Å². The molecule has 7 heteroatoms. The first-order valence-electron chi connectivity index (χ1n) is 5.93. The van der Waals surface area contributed by atoms with Crippen molar-refractivity contribution >= 4 is 23.2 Å². The zero-order valence-corrected chi connectivity index (χ0v) is 11.6. The first-order valence-corrected chi connectivity index (χ1v) is 6.87. The number of nitrogens with one attached hydrogen (secondary N) is 2. The lowest BCUT2D eigenvalue weighted by molar-refractivity contribution is -0.123. The van der Waals surface area contributed by atoms with Crippen molar-refractivity contribution in [2.24, 2.45) is 0 Å². The van der Waals surface area contributed by atoms with Crippen LogP contribution in [0, 0.1) is 11.3 Å². The molecule has 0 fully saturated rings. The number of thiophene rings is 1. The van der Waals surface area contributed by atoms with Gasteiger partial charge >= 0.3 is 0 Å². The van der Waals surface area contributed by atoms with Gasteiger partial charge in [0, 0.05) is 5.38 Å². The van der Waals surface area contributed by atoms with E-state index in [0.29, 0.717) is 16.9 Å². The Kier molecular flexibility index (Phi) is 4.90. The highest BCUT2D eigenvalue weighted by Gasteiger charge is 2.08. The molecule has 106 valence electrons. The second-order valence-electron chi connectivity index (χ2n) is 3.94. The molecule has 0 aliphatic carbocycles. The third-order valence-electron chi connectivity index (χ3n) is 2.45.